The second-order valence-electron chi connectivity index (χ2n) is 7.07. The van der Waals surface area contributed by atoms with Crippen LogP contribution in [0.5, 0.6) is 5.75 Å². The van der Waals surface area contributed by atoms with Gasteiger partial charge in [-0.25, -0.2) is 0 Å². The summed E-state index contributed by atoms with van der Waals surface area (Å²) in [6.07, 6.45) is -4.50. The number of benzene rings is 3. The van der Waals surface area contributed by atoms with E-state index < -0.39 is 23.6 Å². The van der Waals surface area contributed by atoms with Crippen LogP contribution in [0, 0.1) is 0 Å². The van der Waals surface area contributed by atoms with Gasteiger partial charge in [0.05, 0.1) is 19.2 Å². The Bertz CT molecular complexity index is 1160. The van der Waals surface area contributed by atoms with Gasteiger partial charge in [-0.1, -0.05) is 0 Å². The highest BCUT2D eigenvalue weighted by molar-refractivity contribution is 6.05. The lowest BCUT2D eigenvalue weighted by Gasteiger charge is -2.10. The molecule has 0 aromatic heterocycles. The Morgan fingerprint density at radius 2 is 1.24 bits per heavy atom. The van der Waals surface area contributed by atoms with Gasteiger partial charge in [-0.05, 0) is 72.8 Å². The Labute approximate surface area is 192 Å². The number of anilines is 2. The smallest absolute Gasteiger partial charge is 0.416 e. The number of halogens is 3. The summed E-state index contributed by atoms with van der Waals surface area (Å²) in [4.78, 5) is 36.5. The molecule has 0 unspecified atom stereocenters. The highest BCUT2D eigenvalue weighted by Crippen LogP contribution is 2.29. The molecule has 3 aromatic carbocycles. The van der Waals surface area contributed by atoms with E-state index in [0.29, 0.717) is 22.7 Å². The lowest BCUT2D eigenvalue weighted by atomic mass is 10.1. The van der Waals surface area contributed by atoms with Crippen molar-refractivity contribution in [2.24, 2.45) is 0 Å². The normalized spacial score (nSPS) is 10.8. The van der Waals surface area contributed by atoms with Crippen LogP contribution in [0.1, 0.15) is 26.3 Å². The molecule has 3 aromatic rings. The average Bonchev–Trinajstić information content (AvgIpc) is 2.83. The SMILES string of the molecule is COc1ccc(NC(=O)c2ccc(NC(=O)CNC(=O)c3ccc(C(F)(F)F)cc3)cc2)cc1. The standard InChI is InChI=1S/C24H20F3N3O4/c1-34-20-12-10-19(11-13-20)30-23(33)16-4-8-18(9-5-16)29-21(31)14-28-22(32)15-2-6-17(7-3-15)24(25,26)27/h2-13H,14H2,1H3,(H,28,32)(H,29,31)(H,30,33). The van der Waals surface area contributed by atoms with Crippen LogP contribution in [0.3, 0.4) is 0 Å². The molecule has 3 rings (SSSR count). The first-order chi connectivity index (χ1) is 16.2. The predicted molar refractivity (Wildman–Crippen MR) is 120 cm³/mol. The molecule has 176 valence electrons. The second-order valence-corrected chi connectivity index (χ2v) is 7.07. The number of alkyl halides is 3. The summed E-state index contributed by atoms with van der Waals surface area (Å²) < 4.78 is 42.8. The molecule has 0 atom stereocenters. The fourth-order valence-electron chi connectivity index (χ4n) is 2.86. The molecule has 0 aliphatic carbocycles. The van der Waals surface area contributed by atoms with Gasteiger partial charge >= 0.3 is 6.18 Å². The van der Waals surface area contributed by atoms with E-state index in [-0.39, 0.29) is 18.0 Å². The maximum atomic E-state index is 12.6. The van der Waals surface area contributed by atoms with Crippen LogP contribution in [-0.4, -0.2) is 31.4 Å². The van der Waals surface area contributed by atoms with Gasteiger partial charge in [-0.3, -0.25) is 14.4 Å². The third kappa shape index (κ3) is 6.58. The molecule has 3 amide bonds. The molecular weight excluding hydrogens is 451 g/mol. The van der Waals surface area contributed by atoms with Crippen molar-refractivity contribution in [2.75, 3.05) is 24.3 Å². The van der Waals surface area contributed by atoms with Crippen molar-refractivity contribution in [3.05, 3.63) is 89.5 Å². The molecule has 0 spiro atoms. The van der Waals surface area contributed by atoms with Crippen LogP contribution in [0.4, 0.5) is 24.5 Å². The summed E-state index contributed by atoms with van der Waals surface area (Å²) in [5.74, 6) is -0.911. The molecule has 3 N–H and O–H groups in total. The molecule has 0 saturated heterocycles. The van der Waals surface area contributed by atoms with E-state index >= 15 is 0 Å². The predicted octanol–water partition coefficient (Wildman–Crippen LogP) is 4.33. The van der Waals surface area contributed by atoms with Crippen LogP contribution in [0.25, 0.3) is 0 Å². The zero-order valence-electron chi connectivity index (χ0n) is 17.9. The third-order valence-electron chi connectivity index (χ3n) is 4.66. The lowest BCUT2D eigenvalue weighted by Crippen LogP contribution is -2.32. The lowest BCUT2D eigenvalue weighted by molar-refractivity contribution is -0.137. The van der Waals surface area contributed by atoms with Gasteiger partial charge in [0, 0.05) is 22.5 Å². The summed E-state index contributed by atoms with van der Waals surface area (Å²) in [7, 11) is 1.54. The first-order valence-corrected chi connectivity index (χ1v) is 9.96. The quantitative estimate of drug-likeness (QED) is 0.478. The van der Waals surface area contributed by atoms with Crippen molar-refractivity contribution in [1.29, 1.82) is 0 Å². The Morgan fingerprint density at radius 1 is 0.735 bits per heavy atom. The fourth-order valence-corrected chi connectivity index (χ4v) is 2.86. The van der Waals surface area contributed by atoms with Crippen LogP contribution in [-0.2, 0) is 11.0 Å². The number of nitrogens with one attached hydrogen (secondary N) is 3. The van der Waals surface area contributed by atoms with E-state index in [9.17, 15) is 27.6 Å². The summed E-state index contributed by atoms with van der Waals surface area (Å²) in [5.41, 5.74) is 0.474. The Balaban J connectivity index is 1.49. The van der Waals surface area contributed by atoms with Crippen molar-refractivity contribution in [3.63, 3.8) is 0 Å². The zero-order chi connectivity index (χ0) is 24.7. The van der Waals surface area contributed by atoms with Crippen LogP contribution in [0.2, 0.25) is 0 Å². The molecular formula is C24H20F3N3O4. The number of ether oxygens (including phenoxy) is 1. The topological polar surface area (TPSA) is 96.5 Å². The van der Waals surface area contributed by atoms with Crippen molar-refractivity contribution in [2.45, 2.75) is 6.18 Å². The Hall–Kier alpha value is -4.34. The van der Waals surface area contributed by atoms with E-state index in [4.69, 9.17) is 4.74 Å². The van der Waals surface area contributed by atoms with E-state index in [2.05, 4.69) is 16.0 Å². The summed E-state index contributed by atoms with van der Waals surface area (Å²) in [6.45, 7) is -0.389. The zero-order valence-corrected chi connectivity index (χ0v) is 17.9. The van der Waals surface area contributed by atoms with Crippen molar-refractivity contribution >= 4 is 29.1 Å². The number of rotatable bonds is 7. The van der Waals surface area contributed by atoms with E-state index in [1.807, 2.05) is 0 Å². The van der Waals surface area contributed by atoms with E-state index in [0.717, 1.165) is 24.3 Å². The minimum Gasteiger partial charge on any atom is -0.497 e. The molecule has 0 saturated carbocycles. The molecule has 0 fully saturated rings. The Morgan fingerprint density at radius 3 is 1.79 bits per heavy atom. The molecule has 0 aliphatic heterocycles. The van der Waals surface area contributed by atoms with Gasteiger partial charge in [-0.15, -0.1) is 0 Å². The number of hydrogen-bond acceptors (Lipinski definition) is 4. The van der Waals surface area contributed by atoms with Crippen molar-refractivity contribution < 1.29 is 32.3 Å². The summed E-state index contributed by atoms with van der Waals surface area (Å²) in [5, 5.41) is 7.63. The molecule has 0 heterocycles. The minimum atomic E-state index is -4.50. The number of carbonyl (C=O) groups is 3. The van der Waals surface area contributed by atoms with E-state index in [1.54, 1.807) is 31.4 Å². The first-order valence-electron chi connectivity index (χ1n) is 9.96. The maximum absolute atomic E-state index is 12.6. The number of methoxy groups -OCH3 is 1. The van der Waals surface area contributed by atoms with Crippen LogP contribution < -0.4 is 20.7 Å². The minimum absolute atomic E-state index is 0.00646. The van der Waals surface area contributed by atoms with Gasteiger partial charge in [0.15, 0.2) is 0 Å². The molecule has 0 aliphatic rings. The van der Waals surface area contributed by atoms with Crippen LogP contribution >= 0.6 is 0 Å². The van der Waals surface area contributed by atoms with Gasteiger partial charge < -0.3 is 20.7 Å². The van der Waals surface area contributed by atoms with Gasteiger partial charge in [0.25, 0.3) is 11.8 Å². The van der Waals surface area contributed by atoms with Crippen molar-refractivity contribution in [1.82, 2.24) is 5.32 Å². The van der Waals surface area contributed by atoms with Crippen molar-refractivity contribution in [3.8, 4) is 5.75 Å². The van der Waals surface area contributed by atoms with E-state index in [1.165, 1.54) is 24.3 Å². The highest BCUT2D eigenvalue weighted by Gasteiger charge is 2.30. The fraction of sp³-hybridized carbons (Fsp3) is 0.125. The highest BCUT2D eigenvalue weighted by atomic mass is 19.4. The van der Waals surface area contributed by atoms with Gasteiger partial charge in [0.1, 0.15) is 5.75 Å². The average molecular weight is 471 g/mol. The number of hydrogen-bond donors (Lipinski definition) is 3. The third-order valence-corrected chi connectivity index (χ3v) is 4.66. The molecule has 7 nitrogen and oxygen atoms in total. The second kappa shape index (κ2) is 10.5. The van der Waals surface area contributed by atoms with Gasteiger partial charge in [-0.2, -0.15) is 13.2 Å². The number of amides is 3. The molecule has 0 radical (unpaired) electrons. The first kappa shape index (κ1) is 24.3. The van der Waals surface area contributed by atoms with Gasteiger partial charge in [0.2, 0.25) is 5.91 Å². The summed E-state index contributed by atoms with van der Waals surface area (Å²) in [6, 6.07) is 16.6. The monoisotopic (exact) mass is 471 g/mol. The number of carbonyl (C=O) groups excluding carboxylic acids is 3. The molecule has 0 bridgehead atoms. The summed E-state index contributed by atoms with van der Waals surface area (Å²) >= 11 is 0. The Kier molecular flexibility index (Phi) is 7.52. The largest absolute Gasteiger partial charge is 0.497 e. The molecule has 34 heavy (non-hydrogen) atoms. The van der Waals surface area contributed by atoms with Crippen LogP contribution in [0.15, 0.2) is 72.8 Å². The molecule has 10 heteroatoms. The maximum Gasteiger partial charge on any atom is 0.416 e.